The third-order valence-corrected chi connectivity index (χ3v) is 3.00. The summed E-state index contributed by atoms with van der Waals surface area (Å²) in [6.07, 6.45) is -0.797. The van der Waals surface area contributed by atoms with Crippen molar-refractivity contribution in [2.45, 2.75) is 6.10 Å². The summed E-state index contributed by atoms with van der Waals surface area (Å²) >= 11 is 0. The van der Waals surface area contributed by atoms with Crippen LogP contribution in [-0.4, -0.2) is 18.2 Å². The number of carbonyl (C=O) groups excluding carboxylic acids is 1. The Morgan fingerprint density at radius 3 is 2.05 bits per heavy atom. The van der Waals surface area contributed by atoms with E-state index in [0.29, 0.717) is 22.3 Å². The van der Waals surface area contributed by atoms with Crippen LogP contribution in [0.5, 0.6) is 0 Å². The van der Waals surface area contributed by atoms with Crippen molar-refractivity contribution in [2.75, 3.05) is 7.11 Å². The molecule has 0 heterocycles. The van der Waals surface area contributed by atoms with Gasteiger partial charge in [-0.2, -0.15) is 5.26 Å². The number of nitriles is 1. The number of hydrogen-bond donors (Lipinski definition) is 1. The van der Waals surface area contributed by atoms with Crippen LogP contribution in [0.4, 0.5) is 0 Å². The minimum Gasteiger partial charge on any atom is -0.465 e. The lowest BCUT2D eigenvalue weighted by Crippen LogP contribution is -2.03. The molecule has 0 aromatic heterocycles. The third-order valence-electron chi connectivity index (χ3n) is 3.00. The molecule has 2 rings (SSSR count). The highest BCUT2D eigenvalue weighted by atomic mass is 16.5. The van der Waals surface area contributed by atoms with Gasteiger partial charge in [-0.25, -0.2) is 4.79 Å². The molecule has 0 amide bonds. The zero-order valence-electron chi connectivity index (χ0n) is 10.9. The van der Waals surface area contributed by atoms with E-state index in [1.54, 1.807) is 48.5 Å². The quantitative estimate of drug-likeness (QED) is 0.867. The second kappa shape index (κ2) is 6.00. The molecule has 1 atom stereocenters. The monoisotopic (exact) mass is 267 g/mol. The van der Waals surface area contributed by atoms with Crippen LogP contribution in [0, 0.1) is 11.3 Å². The Balaban J connectivity index is 2.22. The van der Waals surface area contributed by atoms with Crippen LogP contribution < -0.4 is 0 Å². The van der Waals surface area contributed by atoms with E-state index in [4.69, 9.17) is 5.26 Å². The average Bonchev–Trinajstić information content (AvgIpc) is 2.53. The highest BCUT2D eigenvalue weighted by Crippen LogP contribution is 2.22. The maximum Gasteiger partial charge on any atom is 0.337 e. The maximum absolute atomic E-state index is 11.3. The van der Waals surface area contributed by atoms with E-state index in [0.717, 1.165) is 0 Å². The Hall–Kier alpha value is -2.64. The van der Waals surface area contributed by atoms with Crippen LogP contribution in [0.3, 0.4) is 0 Å². The smallest absolute Gasteiger partial charge is 0.337 e. The molecule has 0 aliphatic heterocycles. The molecule has 0 fully saturated rings. The summed E-state index contributed by atoms with van der Waals surface area (Å²) < 4.78 is 4.61. The van der Waals surface area contributed by atoms with Gasteiger partial charge in [0.25, 0.3) is 0 Å². The molecule has 1 N–H and O–H groups in total. The van der Waals surface area contributed by atoms with E-state index in [1.807, 2.05) is 6.07 Å². The lowest BCUT2D eigenvalue weighted by atomic mass is 9.99. The minimum absolute atomic E-state index is 0.413. The van der Waals surface area contributed by atoms with Crippen LogP contribution in [0.15, 0.2) is 48.5 Å². The molecule has 20 heavy (non-hydrogen) atoms. The van der Waals surface area contributed by atoms with Gasteiger partial charge < -0.3 is 9.84 Å². The van der Waals surface area contributed by atoms with Gasteiger partial charge in [-0.15, -0.1) is 0 Å². The second-order valence-electron chi connectivity index (χ2n) is 4.25. The predicted octanol–water partition coefficient (Wildman–Crippen LogP) is 2.43. The predicted molar refractivity (Wildman–Crippen MR) is 73.0 cm³/mol. The highest BCUT2D eigenvalue weighted by Gasteiger charge is 2.12. The summed E-state index contributed by atoms with van der Waals surface area (Å²) in [5.41, 5.74) is 2.34. The van der Waals surface area contributed by atoms with Gasteiger partial charge in [0.15, 0.2) is 0 Å². The maximum atomic E-state index is 11.3. The molecule has 1 unspecified atom stereocenters. The van der Waals surface area contributed by atoms with E-state index < -0.39 is 12.1 Å². The van der Waals surface area contributed by atoms with Gasteiger partial charge in [-0.05, 0) is 35.4 Å². The molecule has 0 saturated carbocycles. The SMILES string of the molecule is COC(=O)c1ccc(C(O)c2ccc(C#N)cc2)cc1. The summed E-state index contributed by atoms with van der Waals surface area (Å²) in [6, 6.07) is 15.3. The number of aliphatic hydroxyl groups is 1. The van der Waals surface area contributed by atoms with Gasteiger partial charge in [0, 0.05) is 0 Å². The third kappa shape index (κ3) is 2.85. The summed E-state index contributed by atoms with van der Waals surface area (Å²) in [6.45, 7) is 0. The topological polar surface area (TPSA) is 70.3 Å². The number of hydrogen-bond acceptors (Lipinski definition) is 4. The van der Waals surface area contributed by atoms with Gasteiger partial charge in [0.05, 0.1) is 24.3 Å². The molecule has 0 aliphatic carbocycles. The fourth-order valence-electron chi connectivity index (χ4n) is 1.85. The Kier molecular flexibility index (Phi) is 4.14. The molecule has 0 aliphatic rings. The van der Waals surface area contributed by atoms with Crippen molar-refractivity contribution < 1.29 is 14.6 Å². The van der Waals surface area contributed by atoms with Gasteiger partial charge >= 0.3 is 5.97 Å². The van der Waals surface area contributed by atoms with Gasteiger partial charge in [-0.3, -0.25) is 0 Å². The molecule has 0 saturated heterocycles. The van der Waals surface area contributed by atoms with Crippen LogP contribution in [0.1, 0.15) is 33.2 Å². The van der Waals surface area contributed by atoms with Crippen molar-refractivity contribution >= 4 is 5.97 Å². The lowest BCUT2D eigenvalue weighted by molar-refractivity contribution is 0.0600. The van der Waals surface area contributed by atoms with Crippen molar-refractivity contribution in [1.82, 2.24) is 0 Å². The van der Waals surface area contributed by atoms with Crippen LogP contribution >= 0.6 is 0 Å². The van der Waals surface area contributed by atoms with Crippen molar-refractivity contribution in [1.29, 1.82) is 5.26 Å². The lowest BCUT2D eigenvalue weighted by Gasteiger charge is -2.12. The molecule has 0 radical (unpaired) electrons. The first-order chi connectivity index (χ1) is 9.65. The number of esters is 1. The molecule has 4 nitrogen and oxygen atoms in total. The summed E-state index contributed by atoms with van der Waals surface area (Å²) in [5, 5.41) is 19.0. The van der Waals surface area contributed by atoms with E-state index in [2.05, 4.69) is 4.74 Å². The number of rotatable bonds is 3. The summed E-state index contributed by atoms with van der Waals surface area (Å²) in [4.78, 5) is 11.3. The van der Waals surface area contributed by atoms with E-state index >= 15 is 0 Å². The van der Waals surface area contributed by atoms with Gasteiger partial charge in [-0.1, -0.05) is 24.3 Å². The standard InChI is InChI=1S/C16H13NO3/c1-20-16(19)14-8-6-13(7-9-14)15(18)12-4-2-11(10-17)3-5-12/h2-9,15,18H,1H3. The number of ether oxygens (including phenoxy) is 1. The van der Waals surface area contributed by atoms with Crippen molar-refractivity contribution in [3.05, 3.63) is 70.8 Å². The molecule has 0 spiro atoms. The van der Waals surface area contributed by atoms with Crippen LogP contribution in [-0.2, 0) is 4.74 Å². The second-order valence-corrected chi connectivity index (χ2v) is 4.25. The number of carbonyl (C=O) groups is 1. The fraction of sp³-hybridized carbons (Fsp3) is 0.125. The normalized spacial score (nSPS) is 11.4. The Morgan fingerprint density at radius 1 is 1.10 bits per heavy atom. The van der Waals surface area contributed by atoms with Crippen molar-refractivity contribution in [2.24, 2.45) is 0 Å². The molecule has 2 aromatic carbocycles. The largest absolute Gasteiger partial charge is 0.465 e. The first-order valence-electron chi connectivity index (χ1n) is 6.02. The first-order valence-corrected chi connectivity index (χ1v) is 6.02. The zero-order valence-corrected chi connectivity index (χ0v) is 10.9. The number of methoxy groups -OCH3 is 1. The van der Waals surface area contributed by atoms with Crippen LogP contribution in [0.25, 0.3) is 0 Å². The van der Waals surface area contributed by atoms with E-state index in [-0.39, 0.29) is 0 Å². The zero-order chi connectivity index (χ0) is 14.5. The molecular weight excluding hydrogens is 254 g/mol. The first kappa shape index (κ1) is 13.8. The molecule has 100 valence electrons. The van der Waals surface area contributed by atoms with E-state index in [9.17, 15) is 9.90 Å². The summed E-state index contributed by atoms with van der Waals surface area (Å²) in [7, 11) is 1.32. The van der Waals surface area contributed by atoms with Crippen molar-refractivity contribution in [3.63, 3.8) is 0 Å². The molecule has 4 heteroatoms. The Labute approximate surface area is 116 Å². The Bertz CT molecular complexity index is 639. The average molecular weight is 267 g/mol. The highest BCUT2D eigenvalue weighted by molar-refractivity contribution is 5.89. The van der Waals surface area contributed by atoms with Crippen LogP contribution in [0.2, 0.25) is 0 Å². The fourth-order valence-corrected chi connectivity index (χ4v) is 1.85. The summed E-state index contributed by atoms with van der Waals surface area (Å²) in [5.74, 6) is -0.413. The van der Waals surface area contributed by atoms with Crippen molar-refractivity contribution in [3.8, 4) is 6.07 Å². The molecule has 2 aromatic rings. The Morgan fingerprint density at radius 2 is 1.60 bits per heavy atom. The number of benzene rings is 2. The van der Waals surface area contributed by atoms with Gasteiger partial charge in [0.2, 0.25) is 0 Å². The van der Waals surface area contributed by atoms with Gasteiger partial charge in [0.1, 0.15) is 6.10 Å². The number of nitrogens with zero attached hydrogens (tertiary/aromatic N) is 1. The molecular formula is C16H13NO3. The minimum atomic E-state index is -0.797. The van der Waals surface area contributed by atoms with E-state index in [1.165, 1.54) is 7.11 Å². The molecule has 0 bridgehead atoms. The number of aliphatic hydroxyl groups excluding tert-OH is 1.